The summed E-state index contributed by atoms with van der Waals surface area (Å²) in [6.45, 7) is 7.19. The Morgan fingerprint density at radius 1 is 1.30 bits per heavy atom. The molecule has 0 aromatic carbocycles. The molecular weight excluding hydrogens is 254 g/mol. The summed E-state index contributed by atoms with van der Waals surface area (Å²) in [5.41, 5.74) is 5.96. The smallest absolute Gasteiger partial charge is 0.224 e. The van der Waals surface area contributed by atoms with Gasteiger partial charge in [-0.25, -0.2) is 0 Å². The molecule has 0 aliphatic carbocycles. The van der Waals surface area contributed by atoms with Crippen molar-refractivity contribution in [2.75, 3.05) is 13.1 Å². The zero-order chi connectivity index (χ0) is 15.1. The number of nitrogens with two attached hydrogens (primary N) is 1. The summed E-state index contributed by atoms with van der Waals surface area (Å²) in [6.07, 6.45) is 4.06. The van der Waals surface area contributed by atoms with Crippen molar-refractivity contribution in [2.24, 2.45) is 11.7 Å². The number of carbonyl (C=O) groups is 2. The first-order valence-electron chi connectivity index (χ1n) is 7.73. The summed E-state index contributed by atoms with van der Waals surface area (Å²) in [7, 11) is 0. The Kier molecular flexibility index (Phi) is 6.99. The van der Waals surface area contributed by atoms with Gasteiger partial charge in [-0.1, -0.05) is 13.8 Å². The van der Waals surface area contributed by atoms with Crippen molar-refractivity contribution >= 4 is 11.8 Å². The van der Waals surface area contributed by atoms with Gasteiger partial charge in [0.2, 0.25) is 11.8 Å². The van der Waals surface area contributed by atoms with Gasteiger partial charge in [-0.15, -0.1) is 0 Å². The van der Waals surface area contributed by atoms with Crippen molar-refractivity contribution in [3.63, 3.8) is 0 Å². The Morgan fingerprint density at radius 3 is 2.60 bits per heavy atom. The van der Waals surface area contributed by atoms with Gasteiger partial charge in [-0.2, -0.15) is 0 Å². The summed E-state index contributed by atoms with van der Waals surface area (Å²) < 4.78 is 0. The molecule has 1 saturated heterocycles. The van der Waals surface area contributed by atoms with E-state index in [1.165, 1.54) is 0 Å². The number of nitrogens with one attached hydrogen (secondary N) is 1. The topological polar surface area (TPSA) is 75.4 Å². The number of carbonyl (C=O) groups excluding carboxylic acids is 2. The number of piperidine rings is 1. The van der Waals surface area contributed by atoms with Gasteiger partial charge in [0.05, 0.1) is 0 Å². The second-order valence-corrected chi connectivity index (χ2v) is 6.21. The van der Waals surface area contributed by atoms with Crippen LogP contribution in [0.1, 0.15) is 52.9 Å². The van der Waals surface area contributed by atoms with Crippen LogP contribution in [-0.2, 0) is 9.59 Å². The van der Waals surface area contributed by atoms with Crippen LogP contribution in [0.2, 0.25) is 0 Å². The molecule has 1 aliphatic rings. The normalized spacial score (nSPS) is 20.9. The van der Waals surface area contributed by atoms with Crippen molar-refractivity contribution in [1.29, 1.82) is 0 Å². The largest absolute Gasteiger partial charge is 0.356 e. The Labute approximate surface area is 122 Å². The third kappa shape index (κ3) is 5.49. The number of likely N-dealkylation sites (tertiary alicyclic amines) is 1. The van der Waals surface area contributed by atoms with E-state index in [9.17, 15) is 9.59 Å². The molecule has 0 aromatic rings. The van der Waals surface area contributed by atoms with E-state index in [0.29, 0.717) is 25.3 Å². The molecule has 3 N–H and O–H groups in total. The van der Waals surface area contributed by atoms with Gasteiger partial charge >= 0.3 is 0 Å². The second-order valence-electron chi connectivity index (χ2n) is 6.21. The minimum atomic E-state index is 0.00906. The highest BCUT2D eigenvalue weighted by Gasteiger charge is 2.28. The van der Waals surface area contributed by atoms with E-state index in [1.807, 2.05) is 25.7 Å². The van der Waals surface area contributed by atoms with E-state index in [2.05, 4.69) is 5.32 Å². The van der Waals surface area contributed by atoms with Crippen molar-refractivity contribution in [3.8, 4) is 0 Å². The third-order valence-corrected chi connectivity index (χ3v) is 3.73. The van der Waals surface area contributed by atoms with Gasteiger partial charge in [0.25, 0.3) is 0 Å². The molecule has 0 aromatic heterocycles. The van der Waals surface area contributed by atoms with Crippen molar-refractivity contribution < 1.29 is 9.59 Å². The summed E-state index contributed by atoms with van der Waals surface area (Å²) in [5, 5.41) is 2.81. The van der Waals surface area contributed by atoms with E-state index in [0.717, 1.165) is 25.8 Å². The first kappa shape index (κ1) is 17.0. The summed E-state index contributed by atoms with van der Waals surface area (Å²) in [4.78, 5) is 25.7. The van der Waals surface area contributed by atoms with E-state index < -0.39 is 0 Å². The lowest BCUT2D eigenvalue weighted by Crippen LogP contribution is -2.52. The highest BCUT2D eigenvalue weighted by atomic mass is 16.2. The van der Waals surface area contributed by atoms with E-state index in [-0.39, 0.29) is 23.9 Å². The fourth-order valence-electron chi connectivity index (χ4n) is 2.71. The highest BCUT2D eigenvalue weighted by molar-refractivity contribution is 5.79. The van der Waals surface area contributed by atoms with Crippen LogP contribution >= 0.6 is 0 Å². The monoisotopic (exact) mass is 283 g/mol. The molecule has 2 atom stereocenters. The molecule has 5 nitrogen and oxygen atoms in total. The fourth-order valence-corrected chi connectivity index (χ4v) is 2.71. The molecule has 1 heterocycles. The maximum Gasteiger partial charge on any atom is 0.224 e. The maximum atomic E-state index is 12.2. The van der Waals surface area contributed by atoms with Crippen LogP contribution < -0.4 is 11.1 Å². The van der Waals surface area contributed by atoms with Crippen LogP contribution in [0.15, 0.2) is 0 Å². The quantitative estimate of drug-likeness (QED) is 0.770. The van der Waals surface area contributed by atoms with Gasteiger partial charge in [-0.3, -0.25) is 9.59 Å². The average molecular weight is 283 g/mol. The zero-order valence-corrected chi connectivity index (χ0v) is 13.0. The van der Waals surface area contributed by atoms with Crippen LogP contribution in [0.5, 0.6) is 0 Å². The molecule has 116 valence electrons. The summed E-state index contributed by atoms with van der Waals surface area (Å²) in [5.74, 6) is 0.474. The first-order chi connectivity index (χ1) is 9.41. The average Bonchev–Trinajstić information content (AvgIpc) is 2.37. The van der Waals surface area contributed by atoms with Gasteiger partial charge in [-0.05, 0) is 32.1 Å². The highest BCUT2D eigenvalue weighted by Crippen LogP contribution is 2.19. The number of amides is 2. The van der Waals surface area contributed by atoms with Crippen LogP contribution in [0.3, 0.4) is 0 Å². The van der Waals surface area contributed by atoms with Gasteiger partial charge in [0.1, 0.15) is 0 Å². The molecule has 1 aliphatic heterocycles. The molecule has 0 bridgehead atoms. The maximum absolute atomic E-state index is 12.2. The second kappa shape index (κ2) is 8.25. The number of nitrogens with zero attached hydrogens (tertiary/aromatic N) is 1. The molecule has 20 heavy (non-hydrogen) atoms. The first-order valence-corrected chi connectivity index (χ1v) is 7.73. The number of rotatable bonds is 6. The van der Waals surface area contributed by atoms with Gasteiger partial charge in [0, 0.05) is 38.0 Å². The van der Waals surface area contributed by atoms with E-state index in [4.69, 9.17) is 5.73 Å². The number of hydrogen-bond acceptors (Lipinski definition) is 3. The van der Waals surface area contributed by atoms with Crippen LogP contribution in [0, 0.1) is 5.92 Å². The predicted molar refractivity (Wildman–Crippen MR) is 80.1 cm³/mol. The minimum Gasteiger partial charge on any atom is -0.356 e. The SMILES string of the molecule is CC(C)CC(=O)NCCC(=O)N1CCCCC1C(C)N. The molecule has 1 fully saturated rings. The molecule has 2 unspecified atom stereocenters. The molecule has 0 saturated carbocycles. The molecule has 2 amide bonds. The summed E-state index contributed by atoms with van der Waals surface area (Å²) >= 11 is 0. The predicted octanol–water partition coefficient (Wildman–Crippen LogP) is 1.27. The molecule has 0 radical (unpaired) electrons. The van der Waals surface area contributed by atoms with Crippen molar-refractivity contribution in [3.05, 3.63) is 0 Å². The Balaban J connectivity index is 2.35. The minimum absolute atomic E-state index is 0.00906. The Bertz CT molecular complexity index is 329. The number of hydrogen-bond donors (Lipinski definition) is 2. The zero-order valence-electron chi connectivity index (χ0n) is 13.0. The molecule has 0 spiro atoms. The molecule has 1 rings (SSSR count). The van der Waals surface area contributed by atoms with Crippen molar-refractivity contribution in [2.45, 2.75) is 65.0 Å². The molecule has 5 heteroatoms. The van der Waals surface area contributed by atoms with Crippen LogP contribution in [0.4, 0.5) is 0 Å². The Morgan fingerprint density at radius 2 is 2.00 bits per heavy atom. The molecular formula is C15H29N3O2. The van der Waals surface area contributed by atoms with Crippen LogP contribution in [-0.4, -0.2) is 41.9 Å². The van der Waals surface area contributed by atoms with Crippen molar-refractivity contribution in [1.82, 2.24) is 10.2 Å². The lowest BCUT2D eigenvalue weighted by Gasteiger charge is -2.38. The fraction of sp³-hybridized carbons (Fsp3) is 0.867. The van der Waals surface area contributed by atoms with E-state index in [1.54, 1.807) is 0 Å². The summed E-state index contributed by atoms with van der Waals surface area (Å²) in [6, 6.07) is 0.164. The van der Waals surface area contributed by atoms with Gasteiger partial charge in [0.15, 0.2) is 0 Å². The standard InChI is InChI=1S/C15H29N3O2/c1-11(2)10-14(19)17-8-7-15(20)18-9-5-4-6-13(18)12(3)16/h11-13H,4-10,16H2,1-3H3,(H,17,19). The van der Waals surface area contributed by atoms with E-state index >= 15 is 0 Å². The van der Waals surface area contributed by atoms with Crippen LogP contribution in [0.25, 0.3) is 0 Å². The van der Waals surface area contributed by atoms with Gasteiger partial charge < -0.3 is 16.0 Å². The Hall–Kier alpha value is -1.10. The third-order valence-electron chi connectivity index (χ3n) is 3.73. The lowest BCUT2D eigenvalue weighted by molar-refractivity contribution is -0.135. The lowest BCUT2D eigenvalue weighted by atomic mass is 9.96.